The third kappa shape index (κ3) is 2.76. The maximum Gasteiger partial charge on any atom is 0.416 e. The Bertz CT molecular complexity index is 546. The Balaban J connectivity index is 1.79. The molecular weight excluding hydrogens is 303 g/mol. The van der Waals surface area contributed by atoms with E-state index in [1.165, 1.54) is 6.07 Å². The van der Waals surface area contributed by atoms with Crippen LogP contribution >= 0.6 is 11.6 Å². The monoisotopic (exact) mass is 317 g/mol. The molecule has 2 aliphatic rings. The van der Waals surface area contributed by atoms with E-state index in [0.29, 0.717) is 31.5 Å². The molecule has 21 heavy (non-hydrogen) atoms. The molecule has 2 fully saturated rings. The molecule has 3 atom stereocenters. The maximum atomic E-state index is 13.1. The van der Waals surface area contributed by atoms with Gasteiger partial charge in [0.05, 0.1) is 5.56 Å². The van der Waals surface area contributed by atoms with Gasteiger partial charge in [-0.3, -0.25) is 4.79 Å². The Hall–Kier alpha value is -1.23. The van der Waals surface area contributed by atoms with Gasteiger partial charge in [-0.15, -0.1) is 0 Å². The molecule has 0 aromatic heterocycles. The number of alkyl halides is 3. The Kier molecular flexibility index (Phi) is 3.64. The predicted molar refractivity (Wildman–Crippen MR) is 73.2 cm³/mol. The second kappa shape index (κ2) is 5.20. The normalized spacial score (nSPS) is 28.8. The highest BCUT2D eigenvalue weighted by atomic mass is 35.5. The first-order valence-electron chi connectivity index (χ1n) is 6.96. The van der Waals surface area contributed by atoms with Crippen molar-refractivity contribution in [3.8, 4) is 0 Å². The molecule has 1 saturated carbocycles. The minimum atomic E-state index is -4.31. The van der Waals surface area contributed by atoms with Crippen LogP contribution in [-0.2, 0) is 6.18 Å². The van der Waals surface area contributed by atoms with Gasteiger partial charge in [0, 0.05) is 13.1 Å². The quantitative estimate of drug-likeness (QED) is 0.552. The molecule has 3 rings (SSSR count). The van der Waals surface area contributed by atoms with Crippen LogP contribution < -0.4 is 0 Å². The predicted octanol–water partition coefficient (Wildman–Crippen LogP) is 4.49. The number of amides is 1. The molecule has 0 radical (unpaired) electrons. The summed E-state index contributed by atoms with van der Waals surface area (Å²) in [5.41, 5.74) is -0.136. The van der Waals surface area contributed by atoms with Gasteiger partial charge in [0.1, 0.15) is 0 Å². The SMILES string of the molecule is O=C(Cl)N1C[C@H]2C[C@@H](c3ccccc3C(F)(F)F)C[C@H]2C1. The largest absolute Gasteiger partial charge is 0.416 e. The lowest BCUT2D eigenvalue weighted by Gasteiger charge is -2.20. The van der Waals surface area contributed by atoms with Crippen molar-refractivity contribution in [3.05, 3.63) is 35.4 Å². The third-order valence-corrected chi connectivity index (χ3v) is 4.94. The van der Waals surface area contributed by atoms with Crippen molar-refractivity contribution >= 4 is 17.0 Å². The summed E-state index contributed by atoms with van der Waals surface area (Å²) in [7, 11) is 0. The van der Waals surface area contributed by atoms with E-state index >= 15 is 0 Å². The van der Waals surface area contributed by atoms with Gasteiger partial charge in [-0.1, -0.05) is 18.2 Å². The lowest BCUT2D eigenvalue weighted by atomic mass is 9.91. The summed E-state index contributed by atoms with van der Waals surface area (Å²) >= 11 is 5.47. The summed E-state index contributed by atoms with van der Waals surface area (Å²) < 4.78 is 39.3. The minimum absolute atomic E-state index is 0.0783. The summed E-state index contributed by atoms with van der Waals surface area (Å²) in [6.45, 7) is 1.13. The van der Waals surface area contributed by atoms with Gasteiger partial charge < -0.3 is 4.90 Å². The van der Waals surface area contributed by atoms with Gasteiger partial charge in [-0.2, -0.15) is 13.2 Å². The smallest absolute Gasteiger partial charge is 0.329 e. The number of benzene rings is 1. The number of halogens is 4. The number of likely N-dealkylation sites (tertiary alicyclic amines) is 1. The molecule has 0 N–H and O–H groups in total. The van der Waals surface area contributed by atoms with Gasteiger partial charge in [-0.05, 0) is 53.8 Å². The summed E-state index contributed by atoms with van der Waals surface area (Å²) in [5.74, 6) is 0.448. The molecule has 1 aromatic carbocycles. The standard InChI is InChI=1S/C15H15ClF3NO/c16-14(21)20-7-10-5-9(6-11(10)8-20)12-3-1-2-4-13(12)15(17,18)19/h1-4,9-11H,5-8H2/t9-,10-,11+. The van der Waals surface area contributed by atoms with Gasteiger partial charge in [-0.25, -0.2) is 0 Å². The van der Waals surface area contributed by atoms with E-state index in [2.05, 4.69) is 0 Å². The number of hydrogen-bond donors (Lipinski definition) is 0. The molecule has 1 saturated heterocycles. The second-order valence-corrected chi connectivity index (χ2v) is 6.25. The first kappa shape index (κ1) is 14.7. The van der Waals surface area contributed by atoms with Crippen LogP contribution in [0.15, 0.2) is 24.3 Å². The van der Waals surface area contributed by atoms with Crippen molar-refractivity contribution in [1.29, 1.82) is 0 Å². The fourth-order valence-electron chi connectivity index (χ4n) is 3.81. The number of nitrogens with zero attached hydrogens (tertiary/aromatic N) is 1. The summed E-state index contributed by atoms with van der Waals surface area (Å²) in [6.07, 6.45) is -2.93. The Morgan fingerprint density at radius 3 is 2.24 bits per heavy atom. The zero-order valence-electron chi connectivity index (χ0n) is 11.2. The maximum absolute atomic E-state index is 13.1. The molecule has 0 spiro atoms. The van der Waals surface area contributed by atoms with E-state index in [-0.39, 0.29) is 17.8 Å². The number of fused-ring (bicyclic) bond motifs is 1. The highest BCUT2D eigenvalue weighted by Gasteiger charge is 2.44. The number of rotatable bonds is 1. The van der Waals surface area contributed by atoms with E-state index in [0.717, 1.165) is 6.07 Å². The van der Waals surface area contributed by atoms with Crippen molar-refractivity contribution in [2.24, 2.45) is 11.8 Å². The molecule has 1 aliphatic heterocycles. The van der Waals surface area contributed by atoms with E-state index in [1.807, 2.05) is 0 Å². The molecule has 1 amide bonds. The van der Waals surface area contributed by atoms with Crippen LogP contribution in [0.4, 0.5) is 18.0 Å². The summed E-state index contributed by atoms with van der Waals surface area (Å²) in [5, 5.41) is -0.461. The third-order valence-electron chi connectivity index (χ3n) is 4.71. The molecular formula is C15H15ClF3NO. The van der Waals surface area contributed by atoms with Gasteiger partial charge in [0.15, 0.2) is 0 Å². The molecule has 2 nitrogen and oxygen atoms in total. The highest BCUT2D eigenvalue weighted by molar-refractivity contribution is 6.62. The van der Waals surface area contributed by atoms with Crippen LogP contribution in [0.2, 0.25) is 0 Å². The minimum Gasteiger partial charge on any atom is -0.329 e. The fraction of sp³-hybridized carbons (Fsp3) is 0.533. The van der Waals surface area contributed by atoms with Crippen LogP contribution in [0, 0.1) is 11.8 Å². The van der Waals surface area contributed by atoms with Crippen LogP contribution in [0.3, 0.4) is 0 Å². The molecule has 0 bridgehead atoms. The van der Waals surface area contributed by atoms with E-state index in [1.54, 1.807) is 17.0 Å². The molecule has 1 aliphatic carbocycles. The van der Waals surface area contributed by atoms with Crippen LogP contribution in [0.1, 0.15) is 29.9 Å². The topological polar surface area (TPSA) is 20.3 Å². The average Bonchev–Trinajstić information content (AvgIpc) is 2.95. The van der Waals surface area contributed by atoms with Crippen molar-refractivity contribution in [2.45, 2.75) is 24.9 Å². The molecule has 114 valence electrons. The summed E-state index contributed by atoms with van der Waals surface area (Å²) in [6, 6.07) is 5.82. The zero-order chi connectivity index (χ0) is 15.2. The van der Waals surface area contributed by atoms with Crippen molar-refractivity contribution < 1.29 is 18.0 Å². The van der Waals surface area contributed by atoms with Crippen LogP contribution in [-0.4, -0.2) is 23.4 Å². The first-order valence-corrected chi connectivity index (χ1v) is 7.34. The van der Waals surface area contributed by atoms with E-state index in [4.69, 9.17) is 11.6 Å². The fourth-order valence-corrected chi connectivity index (χ4v) is 3.95. The number of hydrogen-bond acceptors (Lipinski definition) is 1. The Morgan fingerprint density at radius 1 is 1.14 bits per heavy atom. The van der Waals surface area contributed by atoms with Crippen molar-refractivity contribution in [3.63, 3.8) is 0 Å². The Labute approximate surface area is 125 Å². The lowest BCUT2D eigenvalue weighted by molar-refractivity contribution is -0.138. The van der Waals surface area contributed by atoms with Gasteiger partial charge in [0.25, 0.3) is 0 Å². The average molecular weight is 318 g/mol. The second-order valence-electron chi connectivity index (χ2n) is 5.93. The van der Waals surface area contributed by atoms with Crippen molar-refractivity contribution in [1.82, 2.24) is 4.90 Å². The number of carbonyl (C=O) groups excluding carboxylic acids is 1. The van der Waals surface area contributed by atoms with Gasteiger partial charge >= 0.3 is 11.5 Å². The highest BCUT2D eigenvalue weighted by Crippen LogP contribution is 2.48. The molecule has 1 heterocycles. The molecule has 0 unspecified atom stereocenters. The lowest BCUT2D eigenvalue weighted by Crippen LogP contribution is -2.24. The first-order chi connectivity index (χ1) is 9.86. The zero-order valence-corrected chi connectivity index (χ0v) is 12.0. The van der Waals surface area contributed by atoms with Crippen LogP contribution in [0.5, 0.6) is 0 Å². The van der Waals surface area contributed by atoms with Crippen LogP contribution in [0.25, 0.3) is 0 Å². The van der Waals surface area contributed by atoms with Gasteiger partial charge in [0.2, 0.25) is 0 Å². The van der Waals surface area contributed by atoms with E-state index < -0.39 is 17.1 Å². The summed E-state index contributed by atoms with van der Waals surface area (Å²) in [4.78, 5) is 12.7. The van der Waals surface area contributed by atoms with Crippen molar-refractivity contribution in [2.75, 3.05) is 13.1 Å². The number of carbonyl (C=O) groups is 1. The van der Waals surface area contributed by atoms with E-state index in [9.17, 15) is 18.0 Å². The molecule has 6 heteroatoms. The molecule has 1 aromatic rings. The Morgan fingerprint density at radius 2 is 1.71 bits per heavy atom.